The molecule has 2 N–H and O–H groups in total. The third-order valence-electron chi connectivity index (χ3n) is 8.12. The van der Waals surface area contributed by atoms with E-state index >= 15 is 0 Å². The van der Waals surface area contributed by atoms with Crippen LogP contribution >= 0.6 is 0 Å². The molecule has 2 fully saturated rings. The van der Waals surface area contributed by atoms with Crippen molar-refractivity contribution >= 4 is 0 Å². The van der Waals surface area contributed by atoms with Crippen molar-refractivity contribution in [1.82, 2.24) is 4.90 Å². The Labute approximate surface area is 192 Å². The highest BCUT2D eigenvalue weighted by Gasteiger charge is 2.43. The molecule has 0 aromatic rings. The average Bonchev–Trinajstić information content (AvgIpc) is 3.27. The van der Waals surface area contributed by atoms with Gasteiger partial charge >= 0.3 is 0 Å². The maximum absolute atomic E-state index is 10.6. The Kier molecular flexibility index (Phi) is 10.6. The number of nitrogens with zero attached hydrogens (tertiary/aromatic N) is 1. The summed E-state index contributed by atoms with van der Waals surface area (Å²) in [7, 11) is 0. The van der Waals surface area contributed by atoms with Crippen molar-refractivity contribution in [2.24, 2.45) is 23.7 Å². The number of unbranched alkanes of at least 4 members (excludes halogenated alkanes) is 3. The molecular formula is C28H49NO2. The quantitative estimate of drug-likeness (QED) is 0.273. The van der Waals surface area contributed by atoms with Crippen LogP contribution in [0.4, 0.5) is 0 Å². The molecule has 178 valence electrons. The molecule has 1 saturated heterocycles. The second kappa shape index (κ2) is 13.2. The molecule has 1 saturated carbocycles. The average molecular weight is 432 g/mol. The summed E-state index contributed by atoms with van der Waals surface area (Å²) in [5.41, 5.74) is 1.63. The van der Waals surface area contributed by atoms with Crippen molar-refractivity contribution in [2.45, 2.75) is 110 Å². The first-order valence-corrected chi connectivity index (χ1v) is 13.5. The molecule has 3 heteroatoms. The molecule has 2 aliphatic carbocycles. The Bertz CT molecular complexity index is 565. The highest BCUT2D eigenvalue weighted by atomic mass is 16.3. The van der Waals surface area contributed by atoms with E-state index in [1.54, 1.807) is 5.57 Å². The number of hydrogen-bond acceptors (Lipinski definition) is 3. The minimum absolute atomic E-state index is 0.221. The van der Waals surface area contributed by atoms with Gasteiger partial charge in [-0.15, -0.1) is 0 Å². The second-order valence-electron chi connectivity index (χ2n) is 10.9. The summed E-state index contributed by atoms with van der Waals surface area (Å²) < 4.78 is 0. The molecule has 0 aromatic carbocycles. The van der Waals surface area contributed by atoms with Gasteiger partial charge in [-0.3, -0.25) is 0 Å². The van der Waals surface area contributed by atoms with Gasteiger partial charge in [0.25, 0.3) is 0 Å². The lowest BCUT2D eigenvalue weighted by Gasteiger charge is -2.26. The summed E-state index contributed by atoms with van der Waals surface area (Å²) in [5, 5.41) is 21.0. The van der Waals surface area contributed by atoms with Crippen LogP contribution in [0.15, 0.2) is 23.8 Å². The first-order valence-electron chi connectivity index (χ1n) is 13.5. The number of piperidine rings is 1. The van der Waals surface area contributed by atoms with E-state index in [-0.39, 0.29) is 18.1 Å². The van der Waals surface area contributed by atoms with Gasteiger partial charge < -0.3 is 15.1 Å². The lowest BCUT2D eigenvalue weighted by molar-refractivity contribution is 0.139. The van der Waals surface area contributed by atoms with Gasteiger partial charge in [0.2, 0.25) is 0 Å². The normalized spacial score (nSPS) is 31.2. The first-order chi connectivity index (χ1) is 15.1. The van der Waals surface area contributed by atoms with Crippen molar-refractivity contribution in [3.63, 3.8) is 0 Å². The van der Waals surface area contributed by atoms with Gasteiger partial charge in [0.15, 0.2) is 0 Å². The minimum atomic E-state index is -0.369. The Balaban J connectivity index is 1.35. The smallest absolute Gasteiger partial charge is 0.0723 e. The van der Waals surface area contributed by atoms with E-state index in [9.17, 15) is 10.2 Å². The molecule has 0 radical (unpaired) electrons. The molecule has 0 bridgehead atoms. The van der Waals surface area contributed by atoms with Crippen LogP contribution in [0.5, 0.6) is 0 Å². The summed E-state index contributed by atoms with van der Waals surface area (Å²) in [6, 6.07) is 0. The van der Waals surface area contributed by atoms with Crippen molar-refractivity contribution in [2.75, 3.05) is 19.6 Å². The summed E-state index contributed by atoms with van der Waals surface area (Å²) in [4.78, 5) is 2.65. The fraction of sp³-hybridized carbons (Fsp3) is 0.857. The summed E-state index contributed by atoms with van der Waals surface area (Å²) in [5.74, 6) is 1.89. The van der Waals surface area contributed by atoms with Gasteiger partial charge in [-0.1, -0.05) is 69.8 Å². The van der Waals surface area contributed by atoms with Gasteiger partial charge in [0, 0.05) is 5.92 Å². The predicted octanol–water partition coefficient (Wildman–Crippen LogP) is 6.11. The van der Waals surface area contributed by atoms with E-state index in [2.05, 4.69) is 30.9 Å². The number of allylic oxidation sites excluding steroid dienone is 2. The van der Waals surface area contributed by atoms with Crippen LogP contribution in [0.2, 0.25) is 0 Å². The lowest BCUT2D eigenvalue weighted by Crippen LogP contribution is -2.30. The van der Waals surface area contributed by atoms with Crippen LogP contribution < -0.4 is 0 Å². The van der Waals surface area contributed by atoms with E-state index < -0.39 is 0 Å². The van der Waals surface area contributed by atoms with E-state index in [4.69, 9.17) is 0 Å². The zero-order chi connectivity index (χ0) is 22.1. The fourth-order valence-electron chi connectivity index (χ4n) is 6.26. The second-order valence-corrected chi connectivity index (χ2v) is 10.9. The molecule has 0 unspecified atom stereocenters. The number of hydrogen-bond donors (Lipinski definition) is 2. The third kappa shape index (κ3) is 8.02. The number of fused-ring (bicyclic) bond motifs is 1. The molecule has 31 heavy (non-hydrogen) atoms. The maximum Gasteiger partial charge on any atom is 0.0723 e. The molecular weight excluding hydrogens is 382 g/mol. The van der Waals surface area contributed by atoms with Gasteiger partial charge in [-0.05, 0) is 88.8 Å². The molecule has 0 aromatic heterocycles. The molecule has 0 amide bonds. The summed E-state index contributed by atoms with van der Waals surface area (Å²) in [6.45, 7) is 8.40. The van der Waals surface area contributed by atoms with E-state index in [1.807, 2.05) is 6.08 Å². The number of rotatable bonds is 13. The first kappa shape index (κ1) is 25.0. The Morgan fingerprint density at radius 1 is 1.13 bits per heavy atom. The van der Waals surface area contributed by atoms with Crippen molar-refractivity contribution < 1.29 is 10.2 Å². The molecule has 0 spiro atoms. The van der Waals surface area contributed by atoms with Crippen LogP contribution in [-0.4, -0.2) is 47.0 Å². The van der Waals surface area contributed by atoms with Crippen LogP contribution in [0.25, 0.3) is 0 Å². The van der Waals surface area contributed by atoms with Gasteiger partial charge in [-0.2, -0.15) is 0 Å². The topological polar surface area (TPSA) is 43.7 Å². The molecule has 3 aliphatic rings. The number of aliphatic hydroxyl groups excluding tert-OH is 2. The summed E-state index contributed by atoms with van der Waals surface area (Å²) in [6.07, 6.45) is 22.1. The predicted molar refractivity (Wildman–Crippen MR) is 131 cm³/mol. The molecule has 3 nitrogen and oxygen atoms in total. The van der Waals surface area contributed by atoms with Crippen LogP contribution in [0.1, 0.15) is 97.3 Å². The Hall–Kier alpha value is -0.640. The third-order valence-corrected chi connectivity index (χ3v) is 8.12. The Morgan fingerprint density at radius 2 is 1.94 bits per heavy atom. The Morgan fingerprint density at radius 3 is 2.71 bits per heavy atom. The standard InChI is InChI=1S/C28H49NO2/c1-3-4-11-22(2)18-25(30)13-14-26-27-20-23(19-24(27)21-28(26)31)12-7-5-8-15-29-16-9-6-10-17-29/h13-14,19,22,24-28,30-31H,3-12,15-18,20-21H2,1-2H3/t22-,24-,25+,26+,27-,28+/m0/s1. The molecule has 3 rings (SSSR count). The van der Waals surface area contributed by atoms with E-state index in [0.717, 1.165) is 19.3 Å². The van der Waals surface area contributed by atoms with E-state index in [0.29, 0.717) is 17.8 Å². The molecule has 1 aliphatic heterocycles. The van der Waals surface area contributed by atoms with E-state index in [1.165, 1.54) is 83.8 Å². The van der Waals surface area contributed by atoms with Crippen molar-refractivity contribution in [3.8, 4) is 0 Å². The van der Waals surface area contributed by atoms with Crippen LogP contribution in [0, 0.1) is 23.7 Å². The molecule has 6 atom stereocenters. The van der Waals surface area contributed by atoms with Crippen molar-refractivity contribution in [1.29, 1.82) is 0 Å². The SMILES string of the molecule is CCCC[C@H](C)C[C@H](O)C=C[C@@H]1[C@H]2CC(CCCCCN3CCCCC3)=C[C@H]2C[C@H]1O. The van der Waals surface area contributed by atoms with Gasteiger partial charge in [0.1, 0.15) is 0 Å². The number of aliphatic hydroxyl groups is 2. The zero-order valence-electron chi connectivity index (χ0n) is 20.4. The largest absolute Gasteiger partial charge is 0.392 e. The lowest BCUT2D eigenvalue weighted by atomic mass is 9.88. The highest BCUT2D eigenvalue weighted by molar-refractivity contribution is 5.21. The van der Waals surface area contributed by atoms with Crippen molar-refractivity contribution in [3.05, 3.63) is 23.8 Å². The maximum atomic E-state index is 10.6. The van der Waals surface area contributed by atoms with Crippen LogP contribution in [0.3, 0.4) is 0 Å². The monoisotopic (exact) mass is 431 g/mol. The highest BCUT2D eigenvalue weighted by Crippen LogP contribution is 2.48. The number of likely N-dealkylation sites (tertiary alicyclic amines) is 1. The van der Waals surface area contributed by atoms with Gasteiger partial charge in [-0.25, -0.2) is 0 Å². The molecule has 1 heterocycles. The van der Waals surface area contributed by atoms with Gasteiger partial charge in [0.05, 0.1) is 12.2 Å². The fourth-order valence-corrected chi connectivity index (χ4v) is 6.26. The summed E-state index contributed by atoms with van der Waals surface area (Å²) >= 11 is 0. The van der Waals surface area contributed by atoms with Crippen LogP contribution in [-0.2, 0) is 0 Å². The minimum Gasteiger partial charge on any atom is -0.392 e. The zero-order valence-corrected chi connectivity index (χ0v) is 20.4.